The molecule has 2 aliphatic carbocycles. The summed E-state index contributed by atoms with van der Waals surface area (Å²) < 4.78 is 79.7. The van der Waals surface area contributed by atoms with Crippen molar-refractivity contribution in [3.63, 3.8) is 0 Å². The van der Waals surface area contributed by atoms with Crippen LogP contribution in [0, 0.1) is 36.5 Å². The van der Waals surface area contributed by atoms with Gasteiger partial charge in [-0.2, -0.15) is 0 Å². The number of H-pyrrole nitrogens is 2. The third kappa shape index (κ3) is 12.0. The number of benzene rings is 4. The molecule has 4 aromatic carbocycles. The lowest BCUT2D eigenvalue weighted by Crippen LogP contribution is -2.53. The predicted octanol–water partition coefficient (Wildman–Crippen LogP) is 13.5. The Hall–Kier alpha value is -6.34. The number of piperidine rings is 2. The first kappa shape index (κ1) is 57.5. The normalized spacial score (nSPS) is 22.5. The second-order valence-electron chi connectivity index (χ2n) is 24.7. The molecule has 6 heterocycles. The number of hydrogen-bond donors (Lipinski definition) is 6. The summed E-state index contributed by atoms with van der Waals surface area (Å²) in [4.78, 5) is 35.3. The van der Waals surface area contributed by atoms with Gasteiger partial charge in [-0.1, -0.05) is 12.1 Å². The summed E-state index contributed by atoms with van der Waals surface area (Å²) in [7, 11) is 3.36. The molecular weight excluding hydrogens is 1060 g/mol. The molecule has 440 valence electrons. The van der Waals surface area contributed by atoms with Crippen LogP contribution in [0.2, 0.25) is 0 Å². The summed E-state index contributed by atoms with van der Waals surface area (Å²) in [5.41, 5.74) is 9.54. The third-order valence-corrected chi connectivity index (χ3v) is 19.1. The first-order valence-electron chi connectivity index (χ1n) is 29.2. The number of nitrogens with one attached hydrogen (secondary N) is 4. The molecule has 6 aliphatic rings. The number of aryl methyl sites for hydroxylation is 2. The van der Waals surface area contributed by atoms with Gasteiger partial charge in [-0.05, 0) is 172 Å². The molecule has 6 aromatic rings. The largest absolute Gasteiger partial charge is 0.496 e. The molecule has 2 aromatic heterocycles. The Morgan fingerprint density at radius 2 is 1.00 bits per heavy atom. The molecule has 0 amide bonds. The van der Waals surface area contributed by atoms with E-state index in [1.165, 1.54) is 0 Å². The summed E-state index contributed by atoms with van der Waals surface area (Å²) in [5.74, 6) is -4.71. The zero-order valence-corrected chi connectivity index (χ0v) is 47.5. The van der Waals surface area contributed by atoms with Crippen LogP contribution in [0.5, 0.6) is 11.5 Å². The van der Waals surface area contributed by atoms with Crippen molar-refractivity contribution < 1.29 is 56.3 Å². The van der Waals surface area contributed by atoms with Gasteiger partial charge in [0, 0.05) is 147 Å². The highest BCUT2D eigenvalue weighted by Crippen LogP contribution is 2.62. The van der Waals surface area contributed by atoms with E-state index in [0.717, 1.165) is 130 Å². The maximum absolute atomic E-state index is 14.2. The number of halogens is 4. The average molecular weight is 1140 g/mol. The van der Waals surface area contributed by atoms with Crippen LogP contribution in [0.1, 0.15) is 143 Å². The summed E-state index contributed by atoms with van der Waals surface area (Å²) in [6, 6.07) is 18.4. The highest BCUT2D eigenvalue weighted by molar-refractivity contribution is 5.91. The number of ether oxygens (including phenoxy) is 4. The topological polar surface area (TPSA) is 174 Å². The van der Waals surface area contributed by atoms with Crippen molar-refractivity contribution in [1.82, 2.24) is 19.8 Å². The first-order chi connectivity index (χ1) is 39.3. The van der Waals surface area contributed by atoms with Crippen molar-refractivity contribution in [1.29, 1.82) is 0 Å². The number of aromatic nitrogens is 2. The molecule has 2 atom stereocenters. The maximum Gasteiger partial charge on any atom is 0.335 e. The molecule has 2 saturated carbocycles. The van der Waals surface area contributed by atoms with E-state index in [1.54, 1.807) is 38.5 Å². The van der Waals surface area contributed by atoms with Gasteiger partial charge in [-0.25, -0.2) is 27.2 Å². The van der Waals surface area contributed by atoms with Gasteiger partial charge in [0.2, 0.25) is 11.8 Å². The number of carbonyl (C=O) groups is 2. The zero-order chi connectivity index (χ0) is 57.6. The fourth-order valence-corrected chi connectivity index (χ4v) is 14.7. The Balaban J connectivity index is 0.000000172. The molecule has 4 aliphatic heterocycles. The fraction of sp³-hybridized carbons (Fsp3) is 0.531. The van der Waals surface area contributed by atoms with Gasteiger partial charge in [0.15, 0.2) is 0 Å². The number of carboxylic acids is 2. The molecule has 0 bridgehead atoms. The van der Waals surface area contributed by atoms with Crippen LogP contribution in [0.25, 0.3) is 21.8 Å². The van der Waals surface area contributed by atoms with E-state index in [-0.39, 0.29) is 48.9 Å². The summed E-state index contributed by atoms with van der Waals surface area (Å²) in [5, 5.41) is 28.9. The Morgan fingerprint density at radius 3 is 1.35 bits per heavy atom. The number of methoxy groups -OCH3 is 2. The van der Waals surface area contributed by atoms with Crippen LogP contribution < -0.4 is 20.1 Å². The van der Waals surface area contributed by atoms with Crippen molar-refractivity contribution in [3.05, 3.63) is 118 Å². The molecule has 4 saturated heterocycles. The van der Waals surface area contributed by atoms with Gasteiger partial charge in [-0.3, -0.25) is 9.80 Å². The molecule has 6 fully saturated rings. The summed E-state index contributed by atoms with van der Waals surface area (Å²) in [6.45, 7) is 11.0. The van der Waals surface area contributed by atoms with Crippen LogP contribution in [0.3, 0.4) is 0 Å². The number of alkyl halides is 4. The number of aromatic amines is 2. The highest BCUT2D eigenvalue weighted by Gasteiger charge is 2.60. The zero-order valence-electron chi connectivity index (χ0n) is 47.5. The number of fused-ring (bicyclic) bond motifs is 2. The lowest BCUT2D eigenvalue weighted by atomic mass is 9.58. The molecule has 2 spiro atoms. The minimum atomic E-state index is -2.61. The molecular formula is C64H78F4N6O8. The Labute approximate surface area is 476 Å². The van der Waals surface area contributed by atoms with Crippen molar-refractivity contribution in [2.24, 2.45) is 22.7 Å². The minimum Gasteiger partial charge on any atom is -0.496 e. The molecule has 6 N–H and O–H groups in total. The SMILES string of the molecule is COc1cc(C)c2[nH]ccc2c1CN1CCC2(CC1c1ccc(C(=O)O)cc1NCC1CCOCC1)CC(F)(F)C2.COc1cc(C)c2[nH]ccc2c1CN1CCC2(C[C@@H]1c1ccc(C(=O)O)cc1NCC1CCOCC1)CC(F)(F)C2. The van der Waals surface area contributed by atoms with E-state index in [2.05, 4.69) is 56.4 Å². The van der Waals surface area contributed by atoms with E-state index in [9.17, 15) is 37.4 Å². The number of anilines is 2. The van der Waals surface area contributed by atoms with Gasteiger partial charge in [0.25, 0.3) is 0 Å². The number of nitrogens with zero attached hydrogens (tertiary/aromatic N) is 2. The lowest BCUT2D eigenvalue weighted by molar-refractivity contribution is -0.186. The van der Waals surface area contributed by atoms with Crippen LogP contribution in [0.15, 0.2) is 73.1 Å². The monoisotopic (exact) mass is 1130 g/mol. The highest BCUT2D eigenvalue weighted by atomic mass is 19.3. The molecule has 18 heteroatoms. The van der Waals surface area contributed by atoms with Gasteiger partial charge < -0.3 is 49.8 Å². The second kappa shape index (κ2) is 23.4. The molecule has 1 unspecified atom stereocenters. The fourth-order valence-electron chi connectivity index (χ4n) is 14.7. The van der Waals surface area contributed by atoms with E-state index in [0.29, 0.717) is 76.8 Å². The molecule has 82 heavy (non-hydrogen) atoms. The minimum absolute atomic E-state index is 0.0850. The predicted molar refractivity (Wildman–Crippen MR) is 308 cm³/mol. The molecule has 14 nitrogen and oxygen atoms in total. The van der Waals surface area contributed by atoms with E-state index in [1.807, 2.05) is 36.7 Å². The number of carboxylic acid groups (broad SMARTS) is 2. The average Bonchev–Trinajstić information content (AvgIpc) is 4.30. The maximum atomic E-state index is 14.2. The van der Waals surface area contributed by atoms with Gasteiger partial charge >= 0.3 is 11.9 Å². The Kier molecular flexibility index (Phi) is 16.4. The molecule has 12 rings (SSSR count). The Bertz CT molecular complexity index is 3060. The van der Waals surface area contributed by atoms with E-state index < -0.39 is 34.6 Å². The molecule has 0 radical (unpaired) electrons. The standard InChI is InChI=1S/2C32H39F2N3O4/c2*1-20-13-28(40-2)25(23-5-9-35-29(20)23)17-37-10-8-31(18-32(33,34)19-31)15-27(37)24-4-3-22(30(38)39)14-26(24)36-16-21-6-11-41-12-7-21/h2*3-5,9,13-14,21,27,35-36H,6-8,10-12,15-19H2,1-2H3,(H,38,39)/t27-;/m1./s1. The van der Waals surface area contributed by atoms with Crippen molar-refractivity contribution in [2.45, 2.75) is 128 Å². The van der Waals surface area contributed by atoms with Crippen molar-refractivity contribution in [2.75, 3.05) is 77.5 Å². The van der Waals surface area contributed by atoms with E-state index >= 15 is 0 Å². The van der Waals surface area contributed by atoms with Crippen LogP contribution >= 0.6 is 0 Å². The summed E-state index contributed by atoms with van der Waals surface area (Å²) in [6.07, 6.45) is 9.96. The third-order valence-electron chi connectivity index (χ3n) is 19.1. The number of hydrogen-bond acceptors (Lipinski definition) is 10. The number of likely N-dealkylation sites (tertiary alicyclic amines) is 2. The van der Waals surface area contributed by atoms with E-state index in [4.69, 9.17) is 18.9 Å². The quantitative estimate of drug-likeness (QED) is 0.0507. The number of rotatable bonds is 16. The number of aromatic carboxylic acids is 2. The van der Waals surface area contributed by atoms with Crippen LogP contribution in [-0.4, -0.2) is 121 Å². The van der Waals surface area contributed by atoms with Crippen LogP contribution in [0.4, 0.5) is 28.9 Å². The van der Waals surface area contributed by atoms with Crippen LogP contribution in [-0.2, 0) is 22.6 Å². The van der Waals surface area contributed by atoms with Gasteiger partial charge in [-0.15, -0.1) is 0 Å². The van der Waals surface area contributed by atoms with Crippen molar-refractivity contribution in [3.8, 4) is 11.5 Å². The lowest BCUT2D eigenvalue weighted by Gasteiger charge is -2.55. The van der Waals surface area contributed by atoms with Gasteiger partial charge in [0.1, 0.15) is 11.5 Å². The first-order valence-corrected chi connectivity index (χ1v) is 29.2. The summed E-state index contributed by atoms with van der Waals surface area (Å²) >= 11 is 0. The second-order valence-corrected chi connectivity index (χ2v) is 24.7. The van der Waals surface area contributed by atoms with Gasteiger partial charge in [0.05, 0.1) is 25.3 Å². The van der Waals surface area contributed by atoms with Crippen molar-refractivity contribution >= 4 is 45.1 Å². The smallest absolute Gasteiger partial charge is 0.335 e. The Morgan fingerprint density at radius 1 is 0.610 bits per heavy atom.